The Hall–Kier alpha value is -3.63. The van der Waals surface area contributed by atoms with Gasteiger partial charge in [-0.05, 0) is 12.1 Å². The number of pyridine rings is 1. The Labute approximate surface area is 138 Å². The van der Waals surface area contributed by atoms with E-state index in [4.69, 9.17) is 0 Å². The van der Waals surface area contributed by atoms with Crippen LogP contribution in [0.4, 0.5) is 14.5 Å². The Morgan fingerprint density at radius 1 is 1.40 bits per heavy atom. The van der Waals surface area contributed by atoms with Gasteiger partial charge in [0.25, 0.3) is 11.6 Å². The van der Waals surface area contributed by atoms with Crippen LogP contribution in [0.1, 0.15) is 15.9 Å². The fraction of sp³-hybridized carbons (Fsp3) is 0.0714. The second kappa shape index (κ2) is 7.77. The number of ether oxygens (including phenoxy) is 1. The van der Waals surface area contributed by atoms with Gasteiger partial charge in [-0.25, -0.2) is 5.43 Å². The quantitative estimate of drug-likeness (QED) is 0.278. The molecule has 130 valence electrons. The van der Waals surface area contributed by atoms with E-state index in [9.17, 15) is 28.9 Å². The molecule has 0 saturated carbocycles. The summed E-state index contributed by atoms with van der Waals surface area (Å²) in [6.07, 6.45) is 3.09. The maximum atomic E-state index is 12.4. The highest BCUT2D eigenvalue weighted by atomic mass is 19.3. The molecule has 1 heterocycles. The predicted octanol–water partition coefficient (Wildman–Crippen LogP) is 1.59. The largest absolute Gasteiger partial charge is 0.619 e. The van der Waals surface area contributed by atoms with Crippen molar-refractivity contribution in [2.75, 3.05) is 0 Å². The number of aromatic nitrogens is 1. The average molecular weight is 352 g/mol. The summed E-state index contributed by atoms with van der Waals surface area (Å²) in [5, 5.41) is 25.4. The van der Waals surface area contributed by atoms with E-state index in [1.165, 1.54) is 18.3 Å². The Kier molecular flexibility index (Phi) is 5.50. The summed E-state index contributed by atoms with van der Waals surface area (Å²) in [5.41, 5.74) is 1.57. The molecule has 9 nitrogen and oxygen atoms in total. The number of alkyl halides is 2. The molecule has 2 aromatic rings. The summed E-state index contributed by atoms with van der Waals surface area (Å²) in [7, 11) is 0. The zero-order valence-electron chi connectivity index (χ0n) is 12.3. The number of hydrogen-bond acceptors (Lipinski definition) is 6. The van der Waals surface area contributed by atoms with E-state index in [-0.39, 0.29) is 22.6 Å². The van der Waals surface area contributed by atoms with Crippen molar-refractivity contribution in [3.63, 3.8) is 0 Å². The summed E-state index contributed by atoms with van der Waals surface area (Å²) in [5.74, 6) is -1.08. The Morgan fingerprint density at radius 2 is 2.16 bits per heavy atom. The fourth-order valence-corrected chi connectivity index (χ4v) is 1.77. The zero-order valence-corrected chi connectivity index (χ0v) is 12.3. The van der Waals surface area contributed by atoms with Gasteiger partial charge >= 0.3 is 6.61 Å². The van der Waals surface area contributed by atoms with Gasteiger partial charge in [0.2, 0.25) is 0 Å². The molecule has 11 heteroatoms. The molecule has 25 heavy (non-hydrogen) atoms. The zero-order chi connectivity index (χ0) is 18.4. The fourth-order valence-electron chi connectivity index (χ4n) is 1.77. The number of nitro benzene ring substituents is 1. The minimum Gasteiger partial charge on any atom is -0.619 e. The first-order valence-electron chi connectivity index (χ1n) is 6.62. The van der Waals surface area contributed by atoms with E-state index in [0.717, 1.165) is 30.6 Å². The second-order valence-electron chi connectivity index (χ2n) is 4.51. The molecule has 0 unspecified atom stereocenters. The third kappa shape index (κ3) is 4.92. The minimum atomic E-state index is -3.14. The smallest absolute Gasteiger partial charge is 0.387 e. The number of hydrogen-bond donors (Lipinski definition) is 1. The molecular weight excluding hydrogens is 342 g/mol. The van der Waals surface area contributed by atoms with Crippen LogP contribution in [0.25, 0.3) is 0 Å². The highest BCUT2D eigenvalue weighted by Crippen LogP contribution is 2.24. The molecule has 0 aliphatic heterocycles. The number of benzene rings is 1. The van der Waals surface area contributed by atoms with Crippen molar-refractivity contribution in [1.82, 2.24) is 5.43 Å². The van der Waals surface area contributed by atoms with Gasteiger partial charge in [0.15, 0.2) is 12.4 Å². The first kappa shape index (κ1) is 17.7. The van der Waals surface area contributed by atoms with Crippen LogP contribution in [0, 0.1) is 15.3 Å². The standard InChI is InChI=1S/C14H10F2N4O5/c15-14(16)25-12-4-3-11(20(23)24)6-10(12)7-17-18-13(21)9-2-1-5-19(22)8-9/h1-8,14H,(H,18,21). The summed E-state index contributed by atoms with van der Waals surface area (Å²) in [6.45, 7) is -3.14. The van der Waals surface area contributed by atoms with Gasteiger partial charge in [-0.3, -0.25) is 14.9 Å². The Bertz CT molecular complexity index is 829. The molecule has 0 aliphatic carbocycles. The molecular formula is C14H10F2N4O5. The Morgan fingerprint density at radius 3 is 2.80 bits per heavy atom. The van der Waals surface area contributed by atoms with Gasteiger partial charge in [0.1, 0.15) is 11.3 Å². The monoisotopic (exact) mass is 352 g/mol. The van der Waals surface area contributed by atoms with Crippen molar-refractivity contribution in [1.29, 1.82) is 0 Å². The topological polar surface area (TPSA) is 121 Å². The third-order valence-electron chi connectivity index (χ3n) is 2.83. The van der Waals surface area contributed by atoms with Gasteiger partial charge in [-0.2, -0.15) is 18.6 Å². The summed E-state index contributed by atoms with van der Waals surface area (Å²) >= 11 is 0. The van der Waals surface area contributed by atoms with Crippen LogP contribution >= 0.6 is 0 Å². The van der Waals surface area contributed by atoms with E-state index in [1.54, 1.807) is 0 Å². The van der Waals surface area contributed by atoms with Crippen LogP contribution in [0.5, 0.6) is 5.75 Å². The number of nitrogens with one attached hydrogen (secondary N) is 1. The molecule has 1 amide bonds. The van der Waals surface area contributed by atoms with Gasteiger partial charge in [0.05, 0.1) is 11.1 Å². The average Bonchev–Trinajstić information content (AvgIpc) is 2.55. The number of carbonyl (C=O) groups excluding carboxylic acids is 1. The highest BCUT2D eigenvalue weighted by molar-refractivity contribution is 5.94. The van der Waals surface area contributed by atoms with E-state index >= 15 is 0 Å². The number of non-ortho nitro benzene ring substituents is 1. The number of carbonyl (C=O) groups is 1. The maximum absolute atomic E-state index is 12.4. The second-order valence-corrected chi connectivity index (χ2v) is 4.51. The van der Waals surface area contributed by atoms with E-state index in [0.29, 0.717) is 4.73 Å². The number of amides is 1. The molecule has 1 N–H and O–H groups in total. The number of hydrazone groups is 1. The molecule has 0 saturated heterocycles. The van der Waals surface area contributed by atoms with Crippen molar-refractivity contribution < 1.29 is 28.0 Å². The van der Waals surface area contributed by atoms with Gasteiger partial charge in [-0.1, -0.05) is 0 Å². The van der Waals surface area contributed by atoms with Crippen LogP contribution in [-0.2, 0) is 0 Å². The Balaban J connectivity index is 2.19. The number of rotatable bonds is 6. The van der Waals surface area contributed by atoms with E-state index < -0.39 is 17.4 Å². The molecule has 1 aromatic carbocycles. The molecule has 0 radical (unpaired) electrons. The summed E-state index contributed by atoms with van der Waals surface area (Å²) in [6, 6.07) is 5.65. The lowest BCUT2D eigenvalue weighted by Gasteiger charge is -2.07. The lowest BCUT2D eigenvalue weighted by molar-refractivity contribution is -0.605. The van der Waals surface area contributed by atoms with Crippen molar-refractivity contribution in [3.8, 4) is 5.75 Å². The molecule has 0 fully saturated rings. The minimum absolute atomic E-state index is 0.0118. The molecule has 2 rings (SSSR count). The van der Waals surface area contributed by atoms with Crippen molar-refractivity contribution in [2.24, 2.45) is 5.10 Å². The van der Waals surface area contributed by atoms with Crippen LogP contribution in [0.3, 0.4) is 0 Å². The number of halogens is 2. The first-order chi connectivity index (χ1) is 11.9. The van der Waals surface area contributed by atoms with Gasteiger partial charge < -0.3 is 9.94 Å². The first-order valence-corrected chi connectivity index (χ1v) is 6.62. The molecule has 1 aromatic heterocycles. The van der Waals surface area contributed by atoms with Gasteiger partial charge in [0, 0.05) is 23.8 Å². The maximum Gasteiger partial charge on any atom is 0.387 e. The molecule has 0 aliphatic rings. The highest BCUT2D eigenvalue weighted by Gasteiger charge is 2.14. The summed E-state index contributed by atoms with van der Waals surface area (Å²) < 4.78 is 29.4. The lowest BCUT2D eigenvalue weighted by atomic mass is 10.2. The summed E-state index contributed by atoms with van der Waals surface area (Å²) in [4.78, 5) is 21.8. The predicted molar refractivity (Wildman–Crippen MR) is 80.2 cm³/mol. The van der Waals surface area contributed by atoms with Crippen molar-refractivity contribution >= 4 is 17.8 Å². The normalized spacial score (nSPS) is 10.8. The van der Waals surface area contributed by atoms with E-state index in [2.05, 4.69) is 15.3 Å². The van der Waals surface area contributed by atoms with Crippen molar-refractivity contribution in [3.05, 3.63) is 69.2 Å². The molecule has 0 bridgehead atoms. The van der Waals surface area contributed by atoms with Crippen molar-refractivity contribution in [2.45, 2.75) is 6.61 Å². The molecule has 0 spiro atoms. The SMILES string of the molecule is O=C(NN=Cc1cc([N+](=O)[O-])ccc1OC(F)F)c1ccc[n+]([O-])c1. The van der Waals surface area contributed by atoms with Gasteiger partial charge in [-0.15, -0.1) is 0 Å². The van der Waals surface area contributed by atoms with Crippen LogP contribution in [0.2, 0.25) is 0 Å². The van der Waals surface area contributed by atoms with E-state index in [1.807, 2.05) is 0 Å². The van der Waals surface area contributed by atoms with Crippen LogP contribution in [0.15, 0.2) is 47.8 Å². The van der Waals surface area contributed by atoms with Crippen LogP contribution in [-0.4, -0.2) is 23.7 Å². The number of nitro groups is 1. The number of nitrogens with zero attached hydrogens (tertiary/aromatic N) is 3. The lowest BCUT2D eigenvalue weighted by Crippen LogP contribution is -2.28. The molecule has 0 atom stereocenters. The third-order valence-corrected chi connectivity index (χ3v) is 2.83. The van der Waals surface area contributed by atoms with Crippen LogP contribution < -0.4 is 14.9 Å².